The van der Waals surface area contributed by atoms with Gasteiger partial charge in [0.2, 0.25) is 0 Å². The highest BCUT2D eigenvalue weighted by molar-refractivity contribution is 4.94. The third kappa shape index (κ3) is 2.60. The minimum atomic E-state index is 0.523. The van der Waals surface area contributed by atoms with Gasteiger partial charge in [0.15, 0.2) is 0 Å². The molecule has 1 aliphatic carbocycles. The molecule has 3 atom stereocenters. The average Bonchev–Trinajstić information content (AvgIpc) is 2.15. The second-order valence-corrected chi connectivity index (χ2v) is 6.67. The van der Waals surface area contributed by atoms with E-state index in [9.17, 15) is 0 Å². The monoisotopic (exact) mass is 224 g/mol. The number of nitrogens with zero attached hydrogens (tertiary/aromatic N) is 1. The SMILES string of the molecule is CC1CN(C2CCCCC2(C)C)CC(C)N1. The minimum Gasteiger partial charge on any atom is -0.309 e. The van der Waals surface area contributed by atoms with Crippen LogP contribution in [-0.4, -0.2) is 36.1 Å². The Hall–Kier alpha value is -0.0800. The molecule has 2 heteroatoms. The van der Waals surface area contributed by atoms with E-state index in [4.69, 9.17) is 0 Å². The van der Waals surface area contributed by atoms with E-state index in [0.717, 1.165) is 6.04 Å². The zero-order valence-electron chi connectivity index (χ0n) is 11.4. The van der Waals surface area contributed by atoms with Gasteiger partial charge in [-0.2, -0.15) is 0 Å². The van der Waals surface area contributed by atoms with Crippen LogP contribution in [0.2, 0.25) is 0 Å². The molecule has 2 fully saturated rings. The van der Waals surface area contributed by atoms with Crippen LogP contribution in [0, 0.1) is 5.41 Å². The van der Waals surface area contributed by atoms with E-state index < -0.39 is 0 Å². The summed E-state index contributed by atoms with van der Waals surface area (Å²) in [6, 6.07) is 2.12. The molecule has 1 saturated carbocycles. The Balaban J connectivity index is 2.04. The summed E-state index contributed by atoms with van der Waals surface area (Å²) in [6.45, 7) is 12.0. The van der Waals surface area contributed by atoms with Crippen LogP contribution in [0.25, 0.3) is 0 Å². The quantitative estimate of drug-likeness (QED) is 0.736. The predicted octanol–water partition coefficient (Wildman–Crippen LogP) is 2.64. The molecular weight excluding hydrogens is 196 g/mol. The van der Waals surface area contributed by atoms with Crippen molar-refractivity contribution in [3.8, 4) is 0 Å². The van der Waals surface area contributed by atoms with Crippen LogP contribution < -0.4 is 5.32 Å². The van der Waals surface area contributed by atoms with Gasteiger partial charge in [0, 0.05) is 31.2 Å². The number of hydrogen-bond acceptors (Lipinski definition) is 2. The lowest BCUT2D eigenvalue weighted by Crippen LogP contribution is -2.60. The van der Waals surface area contributed by atoms with Gasteiger partial charge in [-0.3, -0.25) is 4.90 Å². The van der Waals surface area contributed by atoms with Crippen molar-refractivity contribution in [2.45, 2.75) is 71.5 Å². The van der Waals surface area contributed by atoms with E-state index in [1.165, 1.54) is 38.8 Å². The van der Waals surface area contributed by atoms with Gasteiger partial charge in [0.1, 0.15) is 0 Å². The van der Waals surface area contributed by atoms with Crippen molar-refractivity contribution in [1.29, 1.82) is 0 Å². The van der Waals surface area contributed by atoms with E-state index in [0.29, 0.717) is 17.5 Å². The normalized spacial score (nSPS) is 40.9. The third-order valence-electron chi connectivity index (χ3n) is 4.48. The summed E-state index contributed by atoms with van der Waals surface area (Å²) in [4.78, 5) is 2.75. The number of hydrogen-bond donors (Lipinski definition) is 1. The molecule has 2 rings (SSSR count). The second-order valence-electron chi connectivity index (χ2n) is 6.67. The van der Waals surface area contributed by atoms with E-state index >= 15 is 0 Å². The summed E-state index contributed by atoms with van der Waals surface area (Å²) in [6.07, 6.45) is 5.68. The lowest BCUT2D eigenvalue weighted by Gasteiger charge is -2.49. The van der Waals surface area contributed by atoms with Crippen LogP contribution in [0.4, 0.5) is 0 Å². The molecule has 0 radical (unpaired) electrons. The van der Waals surface area contributed by atoms with Crippen LogP contribution in [-0.2, 0) is 0 Å². The number of rotatable bonds is 1. The zero-order valence-corrected chi connectivity index (χ0v) is 11.4. The maximum absolute atomic E-state index is 3.63. The fourth-order valence-electron chi connectivity index (χ4n) is 3.78. The molecule has 1 saturated heterocycles. The van der Waals surface area contributed by atoms with Gasteiger partial charge in [0.05, 0.1) is 0 Å². The van der Waals surface area contributed by atoms with Gasteiger partial charge < -0.3 is 5.32 Å². The topological polar surface area (TPSA) is 15.3 Å². The Morgan fingerprint density at radius 3 is 2.25 bits per heavy atom. The summed E-state index contributed by atoms with van der Waals surface area (Å²) in [7, 11) is 0. The lowest BCUT2D eigenvalue weighted by atomic mass is 9.72. The summed E-state index contributed by atoms with van der Waals surface area (Å²) >= 11 is 0. The van der Waals surface area contributed by atoms with Gasteiger partial charge in [-0.05, 0) is 32.1 Å². The van der Waals surface area contributed by atoms with Crippen LogP contribution in [0.15, 0.2) is 0 Å². The first-order valence-electron chi connectivity index (χ1n) is 6.99. The van der Waals surface area contributed by atoms with E-state index in [1.807, 2.05) is 0 Å². The van der Waals surface area contributed by atoms with Crippen LogP contribution in [0.1, 0.15) is 53.4 Å². The van der Waals surface area contributed by atoms with Gasteiger partial charge in [0.25, 0.3) is 0 Å². The molecule has 94 valence electrons. The number of piperazine rings is 1. The molecular formula is C14H28N2. The summed E-state index contributed by atoms with van der Waals surface area (Å²) in [5.41, 5.74) is 0.523. The minimum absolute atomic E-state index is 0.523. The fraction of sp³-hybridized carbons (Fsp3) is 1.00. The maximum atomic E-state index is 3.63. The van der Waals surface area contributed by atoms with Gasteiger partial charge >= 0.3 is 0 Å². The lowest BCUT2D eigenvalue weighted by molar-refractivity contribution is 0.0206. The Labute approximate surface area is 101 Å². The number of nitrogens with one attached hydrogen (secondary N) is 1. The standard InChI is InChI=1S/C14H28N2/c1-11-9-16(10-12(2)15-11)13-7-5-6-8-14(13,3)4/h11-13,15H,5-10H2,1-4H3. The maximum Gasteiger partial charge on any atom is 0.0169 e. The van der Waals surface area contributed by atoms with Crippen molar-refractivity contribution in [3.63, 3.8) is 0 Å². The molecule has 0 spiro atoms. The molecule has 1 heterocycles. The van der Waals surface area contributed by atoms with Crippen molar-refractivity contribution >= 4 is 0 Å². The van der Waals surface area contributed by atoms with Crippen molar-refractivity contribution < 1.29 is 0 Å². The molecule has 0 aromatic rings. The summed E-state index contributed by atoms with van der Waals surface area (Å²) in [5, 5.41) is 3.63. The van der Waals surface area contributed by atoms with Crippen LogP contribution in [0.5, 0.6) is 0 Å². The van der Waals surface area contributed by atoms with Crippen LogP contribution >= 0.6 is 0 Å². The molecule has 3 unspecified atom stereocenters. The van der Waals surface area contributed by atoms with Crippen molar-refractivity contribution in [1.82, 2.24) is 10.2 Å². The second kappa shape index (κ2) is 4.66. The molecule has 0 aromatic carbocycles. The molecule has 0 bridgehead atoms. The highest BCUT2D eigenvalue weighted by Crippen LogP contribution is 2.39. The van der Waals surface area contributed by atoms with Gasteiger partial charge in [-0.15, -0.1) is 0 Å². The third-order valence-corrected chi connectivity index (χ3v) is 4.48. The van der Waals surface area contributed by atoms with E-state index in [-0.39, 0.29) is 0 Å². The Morgan fingerprint density at radius 1 is 1.06 bits per heavy atom. The first-order valence-corrected chi connectivity index (χ1v) is 6.99. The van der Waals surface area contributed by atoms with E-state index in [1.54, 1.807) is 0 Å². The van der Waals surface area contributed by atoms with E-state index in [2.05, 4.69) is 37.9 Å². The molecule has 16 heavy (non-hydrogen) atoms. The largest absolute Gasteiger partial charge is 0.309 e. The average molecular weight is 224 g/mol. The smallest absolute Gasteiger partial charge is 0.0169 e. The van der Waals surface area contributed by atoms with Crippen molar-refractivity contribution in [2.24, 2.45) is 5.41 Å². The molecule has 2 aliphatic rings. The molecule has 1 aliphatic heterocycles. The van der Waals surface area contributed by atoms with Gasteiger partial charge in [-0.1, -0.05) is 26.7 Å². The Kier molecular flexibility index (Phi) is 3.60. The highest BCUT2D eigenvalue weighted by atomic mass is 15.2. The van der Waals surface area contributed by atoms with Gasteiger partial charge in [-0.25, -0.2) is 0 Å². The Morgan fingerprint density at radius 2 is 1.69 bits per heavy atom. The zero-order chi connectivity index (χ0) is 11.8. The molecule has 2 nitrogen and oxygen atoms in total. The Bertz CT molecular complexity index is 227. The molecule has 0 aromatic heterocycles. The molecule has 1 N–H and O–H groups in total. The summed E-state index contributed by atoms with van der Waals surface area (Å²) < 4.78 is 0. The van der Waals surface area contributed by atoms with Crippen molar-refractivity contribution in [3.05, 3.63) is 0 Å². The van der Waals surface area contributed by atoms with Crippen LogP contribution in [0.3, 0.4) is 0 Å². The highest BCUT2D eigenvalue weighted by Gasteiger charge is 2.38. The molecule has 0 amide bonds. The van der Waals surface area contributed by atoms with Crippen molar-refractivity contribution in [2.75, 3.05) is 13.1 Å². The summed E-state index contributed by atoms with van der Waals surface area (Å²) in [5.74, 6) is 0. The first kappa shape index (κ1) is 12.4. The fourth-order valence-corrected chi connectivity index (χ4v) is 3.78. The first-order chi connectivity index (χ1) is 7.49. The predicted molar refractivity (Wildman–Crippen MR) is 69.7 cm³/mol.